The highest BCUT2D eigenvalue weighted by Gasteiger charge is 2.25. The van der Waals surface area contributed by atoms with Gasteiger partial charge in [-0.05, 0) is 18.2 Å². The van der Waals surface area contributed by atoms with Crippen molar-refractivity contribution in [1.82, 2.24) is 30.1 Å². The molecule has 4 aromatic rings. The Bertz CT molecular complexity index is 1180. The van der Waals surface area contributed by atoms with Crippen molar-refractivity contribution in [2.75, 3.05) is 26.2 Å². The quantitative estimate of drug-likeness (QED) is 0.493. The molecule has 0 radical (unpaired) electrons. The van der Waals surface area contributed by atoms with E-state index in [2.05, 4.69) is 25.2 Å². The zero-order valence-electron chi connectivity index (χ0n) is 16.5. The molecule has 4 heterocycles. The molecule has 0 bridgehead atoms. The zero-order valence-corrected chi connectivity index (χ0v) is 18.1. The summed E-state index contributed by atoms with van der Waals surface area (Å²) in [6.45, 7) is 3.25. The van der Waals surface area contributed by atoms with Crippen LogP contribution in [0.15, 0.2) is 53.1 Å². The number of aromatic nitrogens is 4. The van der Waals surface area contributed by atoms with Gasteiger partial charge in [0.25, 0.3) is 5.91 Å². The van der Waals surface area contributed by atoms with Crippen molar-refractivity contribution in [1.29, 1.82) is 0 Å². The average Bonchev–Trinajstić information content (AvgIpc) is 3.55. The first-order chi connectivity index (χ1) is 15.2. The van der Waals surface area contributed by atoms with E-state index in [0.29, 0.717) is 41.4 Å². The summed E-state index contributed by atoms with van der Waals surface area (Å²) in [5, 5.41) is 11.2. The molecule has 158 valence electrons. The molecule has 0 atom stereocenters. The van der Waals surface area contributed by atoms with Crippen molar-refractivity contribution in [3.8, 4) is 22.0 Å². The van der Waals surface area contributed by atoms with Crippen LogP contribution in [0.2, 0.25) is 4.34 Å². The van der Waals surface area contributed by atoms with Crippen LogP contribution in [0.25, 0.3) is 22.0 Å². The van der Waals surface area contributed by atoms with Gasteiger partial charge >= 0.3 is 0 Å². The third kappa shape index (κ3) is 4.39. The van der Waals surface area contributed by atoms with Gasteiger partial charge < -0.3 is 9.42 Å². The zero-order chi connectivity index (χ0) is 21.2. The molecule has 8 nitrogen and oxygen atoms in total. The number of carbonyl (C=O) groups excluding carboxylic acids is 1. The van der Waals surface area contributed by atoms with Gasteiger partial charge in [0, 0.05) is 31.7 Å². The molecule has 5 rings (SSSR count). The minimum Gasteiger partial charge on any atom is -0.338 e. The molecule has 1 aliphatic rings. The van der Waals surface area contributed by atoms with E-state index >= 15 is 0 Å². The molecule has 0 saturated carbocycles. The second-order valence-corrected chi connectivity index (χ2v) is 8.93. The van der Waals surface area contributed by atoms with E-state index in [1.54, 1.807) is 6.07 Å². The molecule has 3 aromatic heterocycles. The lowest BCUT2D eigenvalue weighted by molar-refractivity contribution is 0.0609. The summed E-state index contributed by atoms with van der Waals surface area (Å²) in [6, 6.07) is 15.3. The monoisotopic (exact) mass is 454 g/mol. The molecular weight excluding hydrogens is 436 g/mol. The van der Waals surface area contributed by atoms with Crippen LogP contribution >= 0.6 is 22.9 Å². The maximum Gasteiger partial charge on any atom is 0.274 e. The number of carbonyl (C=O) groups is 1. The number of rotatable bonds is 5. The molecule has 0 unspecified atom stereocenters. The van der Waals surface area contributed by atoms with Gasteiger partial charge in [0.15, 0.2) is 5.69 Å². The van der Waals surface area contributed by atoms with Gasteiger partial charge in [-0.3, -0.25) is 14.8 Å². The molecule has 31 heavy (non-hydrogen) atoms. The molecule has 1 amide bonds. The van der Waals surface area contributed by atoms with Crippen molar-refractivity contribution in [2.24, 2.45) is 0 Å². The normalized spacial score (nSPS) is 14.8. The van der Waals surface area contributed by atoms with E-state index in [1.165, 1.54) is 11.3 Å². The third-order valence-electron chi connectivity index (χ3n) is 5.15. The van der Waals surface area contributed by atoms with Gasteiger partial charge in [0.2, 0.25) is 11.7 Å². The lowest BCUT2D eigenvalue weighted by Crippen LogP contribution is -2.48. The molecule has 1 saturated heterocycles. The Morgan fingerprint density at radius 2 is 1.94 bits per heavy atom. The topological polar surface area (TPSA) is 91.2 Å². The van der Waals surface area contributed by atoms with Crippen molar-refractivity contribution in [2.45, 2.75) is 6.54 Å². The SMILES string of the molecule is O=C(c1cc(-c2ccc(Cl)s2)[nH]n1)N1CCN(Cc2nc(-c3ccccc3)no2)CC1. The highest BCUT2D eigenvalue weighted by molar-refractivity contribution is 7.19. The number of hydrogen-bond donors (Lipinski definition) is 1. The third-order valence-corrected chi connectivity index (χ3v) is 6.42. The minimum atomic E-state index is -0.0750. The molecule has 10 heteroatoms. The summed E-state index contributed by atoms with van der Waals surface area (Å²) in [5.41, 5.74) is 2.14. The largest absolute Gasteiger partial charge is 0.338 e. The number of aromatic amines is 1. The molecular formula is C21H19ClN6O2S. The van der Waals surface area contributed by atoms with Crippen LogP contribution in [-0.4, -0.2) is 62.2 Å². The predicted octanol–water partition coefficient (Wildman–Crippen LogP) is 3.80. The number of amides is 1. The molecule has 1 aliphatic heterocycles. The Kier molecular flexibility index (Phi) is 5.54. The number of H-pyrrole nitrogens is 1. The Hall–Kier alpha value is -3.01. The van der Waals surface area contributed by atoms with Gasteiger partial charge in [-0.2, -0.15) is 10.1 Å². The summed E-state index contributed by atoms with van der Waals surface area (Å²) in [7, 11) is 0. The molecule has 1 aromatic carbocycles. The Labute approximate surface area is 187 Å². The van der Waals surface area contributed by atoms with Gasteiger partial charge in [-0.1, -0.05) is 47.1 Å². The van der Waals surface area contributed by atoms with Gasteiger partial charge in [-0.25, -0.2) is 0 Å². The number of thiophene rings is 1. The van der Waals surface area contributed by atoms with Gasteiger partial charge in [0.1, 0.15) is 0 Å². The summed E-state index contributed by atoms with van der Waals surface area (Å²) >= 11 is 7.44. The van der Waals surface area contributed by atoms with Crippen LogP contribution in [0.4, 0.5) is 0 Å². The van der Waals surface area contributed by atoms with Crippen LogP contribution in [0.3, 0.4) is 0 Å². The minimum absolute atomic E-state index is 0.0750. The number of piperazine rings is 1. The van der Waals surface area contributed by atoms with E-state index < -0.39 is 0 Å². The molecule has 1 N–H and O–H groups in total. The highest BCUT2D eigenvalue weighted by atomic mass is 35.5. The van der Waals surface area contributed by atoms with Gasteiger partial charge in [-0.15, -0.1) is 11.3 Å². The van der Waals surface area contributed by atoms with Crippen LogP contribution in [0.5, 0.6) is 0 Å². The number of nitrogens with one attached hydrogen (secondary N) is 1. The van der Waals surface area contributed by atoms with Crippen LogP contribution in [-0.2, 0) is 6.54 Å². The predicted molar refractivity (Wildman–Crippen MR) is 118 cm³/mol. The lowest BCUT2D eigenvalue weighted by atomic mass is 10.2. The first-order valence-electron chi connectivity index (χ1n) is 9.86. The molecule has 0 spiro atoms. The van der Waals surface area contributed by atoms with Crippen molar-refractivity contribution < 1.29 is 9.32 Å². The Morgan fingerprint density at radius 1 is 1.13 bits per heavy atom. The van der Waals surface area contributed by atoms with E-state index in [4.69, 9.17) is 16.1 Å². The Morgan fingerprint density at radius 3 is 2.68 bits per heavy atom. The fraction of sp³-hybridized carbons (Fsp3) is 0.238. The van der Waals surface area contributed by atoms with Gasteiger partial charge in [0.05, 0.1) is 21.5 Å². The average molecular weight is 455 g/mol. The number of nitrogens with zero attached hydrogens (tertiary/aromatic N) is 5. The van der Waals surface area contributed by atoms with Crippen molar-refractivity contribution in [3.05, 3.63) is 64.5 Å². The van der Waals surface area contributed by atoms with Crippen molar-refractivity contribution in [3.63, 3.8) is 0 Å². The van der Waals surface area contributed by atoms with Crippen molar-refractivity contribution >= 4 is 28.8 Å². The van der Waals surface area contributed by atoms with Crippen LogP contribution < -0.4 is 0 Å². The van der Waals surface area contributed by atoms with E-state index in [-0.39, 0.29) is 5.91 Å². The van der Waals surface area contributed by atoms with E-state index in [1.807, 2.05) is 47.4 Å². The summed E-state index contributed by atoms with van der Waals surface area (Å²) in [5.74, 6) is 1.09. The maximum atomic E-state index is 12.8. The summed E-state index contributed by atoms with van der Waals surface area (Å²) < 4.78 is 6.11. The first-order valence-corrected chi connectivity index (χ1v) is 11.1. The fourth-order valence-corrected chi connectivity index (χ4v) is 4.51. The number of benzene rings is 1. The second-order valence-electron chi connectivity index (χ2n) is 7.22. The Balaban J connectivity index is 1.17. The molecule has 0 aliphatic carbocycles. The fourth-order valence-electron chi connectivity index (χ4n) is 3.50. The number of halogens is 1. The molecule has 1 fully saturated rings. The smallest absolute Gasteiger partial charge is 0.274 e. The summed E-state index contributed by atoms with van der Waals surface area (Å²) in [6.07, 6.45) is 0. The van der Waals surface area contributed by atoms with E-state index in [0.717, 1.165) is 29.2 Å². The lowest BCUT2D eigenvalue weighted by Gasteiger charge is -2.33. The van der Waals surface area contributed by atoms with E-state index in [9.17, 15) is 4.79 Å². The van der Waals surface area contributed by atoms with Crippen LogP contribution in [0, 0.1) is 0 Å². The standard InChI is InChI=1S/C21H19ClN6O2S/c22-18-7-6-17(31-18)15-12-16(25-24-15)21(29)28-10-8-27(9-11-28)13-19-23-20(26-30-19)14-4-2-1-3-5-14/h1-7,12H,8-11,13H2,(H,24,25). The summed E-state index contributed by atoms with van der Waals surface area (Å²) in [4.78, 5) is 22.3. The first kappa shape index (κ1) is 19.9. The van der Waals surface area contributed by atoms with Crippen LogP contribution in [0.1, 0.15) is 16.4 Å². The number of hydrogen-bond acceptors (Lipinski definition) is 7. The maximum absolute atomic E-state index is 12.8. The highest BCUT2D eigenvalue weighted by Crippen LogP contribution is 2.30. The second kappa shape index (κ2) is 8.62.